The average molecular weight is 442 g/mol. The molecular formula is C22H20ClN3O5. The molecule has 1 fully saturated rings. The van der Waals surface area contributed by atoms with Crippen LogP contribution in [-0.4, -0.2) is 48.0 Å². The molecule has 31 heavy (non-hydrogen) atoms. The SMILES string of the molecule is COc1ccc(Cl)cc1C(=O)N1CCC[C@@H](c2nnc(-c3ccc4c(c3)OCO4)o2)C1. The molecule has 9 heteroatoms. The summed E-state index contributed by atoms with van der Waals surface area (Å²) in [6.07, 6.45) is 1.69. The highest BCUT2D eigenvalue weighted by molar-refractivity contribution is 6.31. The number of nitrogens with zero attached hydrogens (tertiary/aromatic N) is 3. The first kappa shape index (κ1) is 19.7. The first-order valence-corrected chi connectivity index (χ1v) is 10.4. The Morgan fingerprint density at radius 3 is 2.90 bits per heavy atom. The quantitative estimate of drug-likeness (QED) is 0.601. The summed E-state index contributed by atoms with van der Waals surface area (Å²) in [5, 5.41) is 8.94. The first-order valence-electron chi connectivity index (χ1n) is 9.98. The van der Waals surface area contributed by atoms with E-state index >= 15 is 0 Å². The molecule has 0 unspecified atom stereocenters. The van der Waals surface area contributed by atoms with Gasteiger partial charge in [-0.3, -0.25) is 4.79 Å². The lowest BCUT2D eigenvalue weighted by Gasteiger charge is -2.31. The van der Waals surface area contributed by atoms with E-state index in [4.69, 9.17) is 30.2 Å². The van der Waals surface area contributed by atoms with Gasteiger partial charge in [-0.25, -0.2) is 0 Å². The lowest BCUT2D eigenvalue weighted by Crippen LogP contribution is -2.39. The van der Waals surface area contributed by atoms with Gasteiger partial charge in [-0.1, -0.05) is 11.6 Å². The Kier molecular flexibility index (Phi) is 5.15. The lowest BCUT2D eigenvalue weighted by atomic mass is 9.97. The molecule has 1 saturated heterocycles. The summed E-state index contributed by atoms with van der Waals surface area (Å²) < 4.78 is 22.1. The van der Waals surface area contributed by atoms with Crippen molar-refractivity contribution < 1.29 is 23.4 Å². The molecular weight excluding hydrogens is 422 g/mol. The molecule has 3 aromatic rings. The van der Waals surface area contributed by atoms with Gasteiger partial charge in [0.2, 0.25) is 18.6 Å². The van der Waals surface area contributed by atoms with Gasteiger partial charge in [0.25, 0.3) is 5.91 Å². The zero-order valence-corrected chi connectivity index (χ0v) is 17.6. The van der Waals surface area contributed by atoms with E-state index in [1.165, 1.54) is 7.11 Å². The van der Waals surface area contributed by atoms with Crippen LogP contribution in [0.15, 0.2) is 40.8 Å². The predicted octanol–water partition coefficient (Wildman–Crippen LogP) is 4.15. The van der Waals surface area contributed by atoms with E-state index in [1.807, 2.05) is 18.2 Å². The zero-order chi connectivity index (χ0) is 21.4. The standard InChI is InChI=1S/C22H20ClN3O5/c1-28-17-7-5-15(23)10-16(17)22(27)26-8-2-3-14(11-26)21-25-24-20(31-21)13-4-6-18-19(9-13)30-12-29-18/h4-7,9-10,14H,2-3,8,11-12H2,1H3/t14-/m1/s1. The smallest absolute Gasteiger partial charge is 0.257 e. The van der Waals surface area contributed by atoms with Crippen LogP contribution in [0.5, 0.6) is 17.2 Å². The molecule has 160 valence electrons. The highest BCUT2D eigenvalue weighted by Crippen LogP contribution is 2.36. The summed E-state index contributed by atoms with van der Waals surface area (Å²) >= 11 is 6.10. The number of methoxy groups -OCH3 is 1. The molecule has 0 N–H and O–H groups in total. The molecule has 1 amide bonds. The topological polar surface area (TPSA) is 86.9 Å². The van der Waals surface area contributed by atoms with Crippen LogP contribution < -0.4 is 14.2 Å². The van der Waals surface area contributed by atoms with Gasteiger partial charge in [0.05, 0.1) is 18.6 Å². The van der Waals surface area contributed by atoms with Gasteiger partial charge in [0.15, 0.2) is 11.5 Å². The monoisotopic (exact) mass is 441 g/mol. The maximum atomic E-state index is 13.1. The van der Waals surface area contributed by atoms with Gasteiger partial charge >= 0.3 is 0 Å². The van der Waals surface area contributed by atoms with Crippen molar-refractivity contribution in [2.24, 2.45) is 0 Å². The number of aromatic nitrogens is 2. The van der Waals surface area contributed by atoms with Gasteiger partial charge in [0.1, 0.15) is 5.75 Å². The number of hydrogen-bond acceptors (Lipinski definition) is 7. The Morgan fingerprint density at radius 2 is 2.03 bits per heavy atom. The number of carbonyl (C=O) groups is 1. The van der Waals surface area contributed by atoms with E-state index in [0.717, 1.165) is 18.4 Å². The second-order valence-corrected chi connectivity index (χ2v) is 7.88. The maximum absolute atomic E-state index is 13.1. The van der Waals surface area contributed by atoms with E-state index in [2.05, 4.69) is 10.2 Å². The van der Waals surface area contributed by atoms with Crippen LogP contribution in [0.2, 0.25) is 5.02 Å². The molecule has 5 rings (SSSR count). The van der Waals surface area contributed by atoms with Crippen molar-refractivity contribution in [1.29, 1.82) is 0 Å². The van der Waals surface area contributed by atoms with Crippen molar-refractivity contribution in [3.05, 3.63) is 52.9 Å². The molecule has 2 aromatic carbocycles. The fourth-order valence-corrected chi connectivity index (χ4v) is 4.10. The largest absolute Gasteiger partial charge is 0.496 e. The fraction of sp³-hybridized carbons (Fsp3) is 0.318. The Balaban J connectivity index is 1.34. The summed E-state index contributed by atoms with van der Waals surface area (Å²) in [4.78, 5) is 14.9. The second-order valence-electron chi connectivity index (χ2n) is 7.45. The summed E-state index contributed by atoms with van der Waals surface area (Å²) in [7, 11) is 1.54. The summed E-state index contributed by atoms with van der Waals surface area (Å²) in [5.74, 6) is 2.61. The Bertz CT molecular complexity index is 1130. The van der Waals surface area contributed by atoms with Gasteiger partial charge in [-0.05, 0) is 49.2 Å². The molecule has 3 heterocycles. The average Bonchev–Trinajstić information content (AvgIpc) is 3.48. The van der Waals surface area contributed by atoms with Crippen LogP contribution in [0, 0.1) is 0 Å². The number of likely N-dealkylation sites (tertiary alicyclic amines) is 1. The maximum Gasteiger partial charge on any atom is 0.257 e. The van der Waals surface area contributed by atoms with Crippen LogP contribution >= 0.6 is 11.6 Å². The fourth-order valence-electron chi connectivity index (χ4n) is 3.93. The molecule has 0 radical (unpaired) electrons. The van der Waals surface area contributed by atoms with Gasteiger partial charge in [-0.2, -0.15) is 0 Å². The van der Waals surface area contributed by atoms with E-state index in [0.29, 0.717) is 52.7 Å². The van der Waals surface area contributed by atoms with Gasteiger partial charge in [0, 0.05) is 23.7 Å². The Labute approximate surface area is 183 Å². The number of rotatable bonds is 4. The third-order valence-electron chi connectivity index (χ3n) is 5.51. The number of carbonyl (C=O) groups excluding carboxylic acids is 1. The van der Waals surface area contributed by atoms with Crippen LogP contribution in [0.3, 0.4) is 0 Å². The lowest BCUT2D eigenvalue weighted by molar-refractivity contribution is 0.0695. The molecule has 8 nitrogen and oxygen atoms in total. The number of benzene rings is 2. The van der Waals surface area contributed by atoms with Crippen LogP contribution in [-0.2, 0) is 0 Å². The second kappa shape index (κ2) is 8.11. The summed E-state index contributed by atoms with van der Waals surface area (Å²) in [5.41, 5.74) is 1.21. The molecule has 0 saturated carbocycles. The van der Waals surface area contributed by atoms with Crippen LogP contribution in [0.4, 0.5) is 0 Å². The zero-order valence-electron chi connectivity index (χ0n) is 16.8. The molecule has 2 aliphatic heterocycles. The first-order chi connectivity index (χ1) is 15.1. The van der Waals surface area contributed by atoms with Crippen molar-refractivity contribution in [2.45, 2.75) is 18.8 Å². The van der Waals surface area contributed by atoms with E-state index in [1.54, 1.807) is 23.1 Å². The number of amides is 1. The van der Waals surface area contributed by atoms with Gasteiger partial charge in [-0.15, -0.1) is 10.2 Å². The minimum atomic E-state index is -0.125. The Hall–Kier alpha value is -3.26. The normalized spacial score (nSPS) is 17.6. The van der Waals surface area contributed by atoms with Crippen molar-refractivity contribution in [1.82, 2.24) is 15.1 Å². The van der Waals surface area contributed by atoms with Crippen molar-refractivity contribution in [3.63, 3.8) is 0 Å². The summed E-state index contributed by atoms with van der Waals surface area (Å²) in [6, 6.07) is 10.5. The predicted molar refractivity (Wildman–Crippen MR) is 112 cm³/mol. The van der Waals surface area contributed by atoms with Gasteiger partial charge < -0.3 is 23.5 Å². The number of ether oxygens (including phenoxy) is 3. The third kappa shape index (κ3) is 3.79. The van der Waals surface area contributed by atoms with Crippen molar-refractivity contribution >= 4 is 17.5 Å². The highest BCUT2D eigenvalue weighted by Gasteiger charge is 2.30. The van der Waals surface area contributed by atoms with E-state index in [-0.39, 0.29) is 18.6 Å². The molecule has 1 aromatic heterocycles. The van der Waals surface area contributed by atoms with E-state index in [9.17, 15) is 4.79 Å². The molecule has 0 spiro atoms. The number of fused-ring (bicyclic) bond motifs is 1. The highest BCUT2D eigenvalue weighted by atomic mass is 35.5. The Morgan fingerprint density at radius 1 is 1.16 bits per heavy atom. The molecule has 1 atom stereocenters. The number of piperidine rings is 1. The van der Waals surface area contributed by atoms with Crippen molar-refractivity contribution in [2.75, 3.05) is 27.0 Å². The molecule has 0 aliphatic carbocycles. The number of halogens is 1. The van der Waals surface area contributed by atoms with Crippen LogP contribution in [0.25, 0.3) is 11.5 Å². The minimum Gasteiger partial charge on any atom is -0.496 e. The summed E-state index contributed by atoms with van der Waals surface area (Å²) in [6.45, 7) is 1.34. The minimum absolute atomic E-state index is 0.0434. The molecule has 2 aliphatic rings. The van der Waals surface area contributed by atoms with Crippen molar-refractivity contribution in [3.8, 4) is 28.7 Å². The number of hydrogen-bond donors (Lipinski definition) is 0. The third-order valence-corrected chi connectivity index (χ3v) is 5.75. The molecule has 0 bridgehead atoms. The van der Waals surface area contributed by atoms with E-state index < -0.39 is 0 Å². The van der Waals surface area contributed by atoms with Crippen LogP contribution in [0.1, 0.15) is 35.0 Å².